The number of aromatic amines is 1. The highest BCUT2D eigenvalue weighted by Crippen LogP contribution is 2.21. The summed E-state index contributed by atoms with van der Waals surface area (Å²) in [7, 11) is 0. The first-order valence-corrected chi connectivity index (χ1v) is 7.78. The maximum absolute atomic E-state index is 12.8. The number of nitrogens with one attached hydrogen (secondary N) is 1. The molecule has 2 aromatic heterocycles. The predicted molar refractivity (Wildman–Crippen MR) is 84.4 cm³/mol. The predicted octanol–water partition coefficient (Wildman–Crippen LogP) is 1.37. The van der Waals surface area contributed by atoms with E-state index in [0.29, 0.717) is 24.3 Å². The Balaban J connectivity index is 1.73. The van der Waals surface area contributed by atoms with Crippen molar-refractivity contribution in [2.24, 2.45) is 0 Å². The first-order chi connectivity index (χ1) is 11.6. The summed E-state index contributed by atoms with van der Waals surface area (Å²) in [4.78, 5) is 22.5. The second kappa shape index (κ2) is 6.66. The van der Waals surface area contributed by atoms with Crippen LogP contribution in [0.25, 0.3) is 0 Å². The Morgan fingerprint density at radius 3 is 2.92 bits per heavy atom. The lowest BCUT2D eigenvalue weighted by atomic mass is 10.1. The number of H-pyrrole nitrogens is 1. The van der Waals surface area contributed by atoms with E-state index in [0.717, 1.165) is 18.5 Å². The summed E-state index contributed by atoms with van der Waals surface area (Å²) in [6, 6.07) is 1.96. The fraction of sp³-hybridized carbons (Fsp3) is 0.438. The molecule has 1 amide bonds. The standard InChI is InChI=1S/C16H18N6O2/c1-10-14(11(2)21-20-10)16(23)22-7-3-4-12(9-22)24-15-13(8-17)18-5-6-19-15/h5-6,12H,3-4,7,9H2,1-2H3,(H,20,21)/t12-/m1/s1. The van der Waals surface area contributed by atoms with Crippen molar-refractivity contribution >= 4 is 5.91 Å². The van der Waals surface area contributed by atoms with E-state index in [1.54, 1.807) is 4.90 Å². The monoisotopic (exact) mass is 326 g/mol. The second-order valence-corrected chi connectivity index (χ2v) is 5.76. The Morgan fingerprint density at radius 2 is 2.21 bits per heavy atom. The summed E-state index contributed by atoms with van der Waals surface area (Å²) < 4.78 is 5.82. The van der Waals surface area contributed by atoms with Gasteiger partial charge in [-0.2, -0.15) is 10.4 Å². The van der Waals surface area contributed by atoms with E-state index in [-0.39, 0.29) is 23.6 Å². The van der Waals surface area contributed by atoms with Crippen LogP contribution < -0.4 is 4.74 Å². The fourth-order valence-corrected chi connectivity index (χ4v) is 2.89. The summed E-state index contributed by atoms with van der Waals surface area (Å²) in [6.45, 7) is 4.77. The van der Waals surface area contributed by atoms with Crippen molar-refractivity contribution in [1.82, 2.24) is 25.1 Å². The molecule has 8 nitrogen and oxygen atoms in total. The van der Waals surface area contributed by atoms with E-state index in [2.05, 4.69) is 20.2 Å². The Morgan fingerprint density at radius 1 is 1.42 bits per heavy atom. The lowest BCUT2D eigenvalue weighted by Crippen LogP contribution is -2.44. The minimum atomic E-state index is -0.209. The quantitative estimate of drug-likeness (QED) is 0.912. The molecule has 0 bridgehead atoms. The molecule has 1 saturated heterocycles. The van der Waals surface area contributed by atoms with Gasteiger partial charge in [0.1, 0.15) is 12.2 Å². The van der Waals surface area contributed by atoms with Crippen LogP contribution in [0, 0.1) is 25.2 Å². The molecule has 0 aromatic carbocycles. The van der Waals surface area contributed by atoms with Crippen molar-refractivity contribution in [3.63, 3.8) is 0 Å². The molecule has 1 atom stereocenters. The number of likely N-dealkylation sites (tertiary alicyclic amines) is 1. The third-order valence-corrected chi connectivity index (χ3v) is 4.06. The normalized spacial score (nSPS) is 17.4. The van der Waals surface area contributed by atoms with Crippen LogP contribution in [0.5, 0.6) is 5.88 Å². The molecule has 124 valence electrons. The molecule has 0 spiro atoms. The van der Waals surface area contributed by atoms with E-state index < -0.39 is 0 Å². The van der Waals surface area contributed by atoms with Gasteiger partial charge in [0, 0.05) is 24.6 Å². The highest BCUT2D eigenvalue weighted by Gasteiger charge is 2.29. The molecule has 2 aromatic rings. The number of carbonyl (C=O) groups excluding carboxylic acids is 1. The number of carbonyl (C=O) groups is 1. The summed E-state index contributed by atoms with van der Waals surface area (Å²) >= 11 is 0. The molecule has 0 unspecified atom stereocenters. The zero-order valence-electron chi connectivity index (χ0n) is 13.6. The molecular weight excluding hydrogens is 308 g/mol. The number of piperidine rings is 1. The zero-order valence-corrected chi connectivity index (χ0v) is 13.6. The molecule has 1 aliphatic rings. The smallest absolute Gasteiger partial charge is 0.257 e. The Hall–Kier alpha value is -2.95. The van der Waals surface area contributed by atoms with Gasteiger partial charge in [0.25, 0.3) is 11.8 Å². The molecule has 3 heterocycles. The number of nitriles is 1. The lowest BCUT2D eigenvalue weighted by molar-refractivity contribution is 0.0525. The molecule has 1 N–H and O–H groups in total. The molecule has 3 rings (SSSR count). The van der Waals surface area contributed by atoms with Crippen molar-refractivity contribution in [3.8, 4) is 11.9 Å². The summed E-state index contributed by atoms with van der Waals surface area (Å²) in [5.74, 6) is 0.168. The van der Waals surface area contributed by atoms with E-state index >= 15 is 0 Å². The molecular formula is C16H18N6O2. The van der Waals surface area contributed by atoms with E-state index in [1.165, 1.54) is 12.4 Å². The average Bonchev–Trinajstić information content (AvgIpc) is 2.93. The van der Waals surface area contributed by atoms with Gasteiger partial charge in [-0.3, -0.25) is 9.89 Å². The number of ether oxygens (including phenoxy) is 1. The maximum atomic E-state index is 12.8. The highest BCUT2D eigenvalue weighted by molar-refractivity contribution is 5.96. The van der Waals surface area contributed by atoms with Gasteiger partial charge in [-0.15, -0.1) is 0 Å². The number of nitrogens with zero attached hydrogens (tertiary/aromatic N) is 5. The molecule has 8 heteroatoms. The van der Waals surface area contributed by atoms with Gasteiger partial charge in [-0.25, -0.2) is 9.97 Å². The van der Waals surface area contributed by atoms with Gasteiger partial charge in [0.15, 0.2) is 0 Å². The van der Waals surface area contributed by atoms with Crippen molar-refractivity contribution in [1.29, 1.82) is 5.26 Å². The summed E-state index contributed by atoms with van der Waals surface area (Å²) in [6.07, 6.45) is 4.36. The third-order valence-electron chi connectivity index (χ3n) is 4.06. The Labute approximate surface area is 139 Å². The highest BCUT2D eigenvalue weighted by atomic mass is 16.5. The number of aromatic nitrogens is 4. The van der Waals surface area contributed by atoms with Crippen LogP contribution in [0.4, 0.5) is 0 Å². The van der Waals surface area contributed by atoms with Crippen molar-refractivity contribution in [2.45, 2.75) is 32.8 Å². The minimum Gasteiger partial charge on any atom is -0.470 e. The molecule has 1 fully saturated rings. The first kappa shape index (κ1) is 15.9. The van der Waals surface area contributed by atoms with Gasteiger partial charge in [0.2, 0.25) is 5.69 Å². The fourth-order valence-electron chi connectivity index (χ4n) is 2.89. The van der Waals surface area contributed by atoms with Crippen molar-refractivity contribution in [2.75, 3.05) is 13.1 Å². The second-order valence-electron chi connectivity index (χ2n) is 5.76. The number of amides is 1. The average molecular weight is 326 g/mol. The molecule has 0 radical (unpaired) electrons. The van der Waals surface area contributed by atoms with Crippen LogP contribution in [0.2, 0.25) is 0 Å². The molecule has 1 aliphatic heterocycles. The lowest BCUT2D eigenvalue weighted by Gasteiger charge is -2.32. The third kappa shape index (κ3) is 3.06. The first-order valence-electron chi connectivity index (χ1n) is 7.78. The zero-order chi connectivity index (χ0) is 17.1. The van der Waals surface area contributed by atoms with Gasteiger partial charge in [-0.1, -0.05) is 0 Å². The SMILES string of the molecule is Cc1n[nH]c(C)c1C(=O)N1CCC[C@@H](Oc2nccnc2C#N)C1. The van der Waals surface area contributed by atoms with Gasteiger partial charge < -0.3 is 9.64 Å². The van der Waals surface area contributed by atoms with E-state index in [1.807, 2.05) is 19.9 Å². The van der Waals surface area contributed by atoms with Crippen LogP contribution in [0.15, 0.2) is 12.4 Å². The van der Waals surface area contributed by atoms with Crippen LogP contribution >= 0.6 is 0 Å². The molecule has 24 heavy (non-hydrogen) atoms. The van der Waals surface area contributed by atoms with Crippen molar-refractivity contribution < 1.29 is 9.53 Å². The largest absolute Gasteiger partial charge is 0.470 e. The van der Waals surface area contributed by atoms with Gasteiger partial charge >= 0.3 is 0 Å². The Kier molecular flexibility index (Phi) is 4.42. The summed E-state index contributed by atoms with van der Waals surface area (Å²) in [5, 5.41) is 16.0. The van der Waals surface area contributed by atoms with Crippen molar-refractivity contribution in [3.05, 3.63) is 35.0 Å². The number of hydrogen-bond acceptors (Lipinski definition) is 6. The minimum absolute atomic E-state index is 0.0493. The number of rotatable bonds is 3. The van der Waals surface area contributed by atoms with Crippen LogP contribution in [0.3, 0.4) is 0 Å². The Bertz CT molecular complexity index is 775. The topological polar surface area (TPSA) is 108 Å². The van der Waals surface area contributed by atoms with Crippen LogP contribution in [-0.4, -0.2) is 50.2 Å². The summed E-state index contributed by atoms with van der Waals surface area (Å²) in [5.41, 5.74) is 2.23. The van der Waals surface area contributed by atoms with E-state index in [9.17, 15) is 4.79 Å². The van der Waals surface area contributed by atoms with Crippen LogP contribution in [0.1, 0.15) is 40.3 Å². The number of hydrogen-bond donors (Lipinski definition) is 1. The van der Waals surface area contributed by atoms with E-state index in [4.69, 9.17) is 10.00 Å². The van der Waals surface area contributed by atoms with Crippen LogP contribution in [-0.2, 0) is 0 Å². The molecule has 0 aliphatic carbocycles. The maximum Gasteiger partial charge on any atom is 0.257 e. The molecule has 0 saturated carbocycles. The van der Waals surface area contributed by atoms with Gasteiger partial charge in [0.05, 0.1) is 17.8 Å². The van der Waals surface area contributed by atoms with Gasteiger partial charge in [-0.05, 0) is 26.7 Å². The number of aryl methyl sites for hydroxylation is 2.